The summed E-state index contributed by atoms with van der Waals surface area (Å²) >= 11 is 23.5. The van der Waals surface area contributed by atoms with Crippen molar-refractivity contribution in [2.24, 2.45) is 0 Å². The first kappa shape index (κ1) is 24.4. The summed E-state index contributed by atoms with van der Waals surface area (Å²) in [6.07, 6.45) is 1.04. The summed E-state index contributed by atoms with van der Waals surface area (Å²) in [7, 11) is 0. The van der Waals surface area contributed by atoms with Crippen LogP contribution in [0.3, 0.4) is 0 Å². The molecule has 0 aliphatic heterocycles. The molecular weight excluding hydrogens is 478 g/mol. The van der Waals surface area contributed by atoms with E-state index in [4.69, 9.17) is 65.4 Å². The van der Waals surface area contributed by atoms with Gasteiger partial charge in [0.25, 0.3) is 0 Å². The average molecular weight is 496 g/mol. The molecule has 0 aliphatic rings. The lowest BCUT2D eigenvalue weighted by atomic mass is 10.3. The number of unbranched alkanes of at least 4 members (excludes halogenated alkanes) is 1. The number of benzene rings is 2. The molecule has 0 atom stereocenters. The molecule has 2 aromatic rings. The topological polar surface area (TPSA) is 71.1 Å². The fourth-order valence-corrected chi connectivity index (χ4v) is 3.04. The maximum atomic E-state index is 11.7. The number of hydrogen-bond acceptors (Lipinski definition) is 6. The maximum absolute atomic E-state index is 11.7. The summed E-state index contributed by atoms with van der Waals surface area (Å²) in [5, 5.41) is 1.55. The summed E-state index contributed by atoms with van der Waals surface area (Å²) in [6.45, 7) is -0.210. The second kappa shape index (κ2) is 12.7. The fraction of sp³-hybridized carbons (Fsp3) is 0.300. The Hall–Kier alpha value is -1.86. The van der Waals surface area contributed by atoms with Crippen LogP contribution in [0, 0.1) is 0 Å². The van der Waals surface area contributed by atoms with E-state index in [-0.39, 0.29) is 26.4 Å². The molecule has 2 aromatic carbocycles. The average Bonchev–Trinajstić information content (AvgIpc) is 2.69. The minimum atomic E-state index is -0.536. The van der Waals surface area contributed by atoms with Crippen molar-refractivity contribution in [2.45, 2.75) is 12.8 Å². The number of rotatable bonds is 11. The van der Waals surface area contributed by atoms with Crippen molar-refractivity contribution in [1.29, 1.82) is 0 Å². The molecule has 0 saturated carbocycles. The number of carbonyl (C=O) groups is 2. The summed E-state index contributed by atoms with van der Waals surface area (Å²) < 4.78 is 20.6. The highest BCUT2D eigenvalue weighted by Gasteiger charge is 2.09. The third-order valence-electron chi connectivity index (χ3n) is 3.54. The molecule has 2 rings (SSSR count). The van der Waals surface area contributed by atoms with E-state index in [1.165, 1.54) is 12.1 Å². The van der Waals surface area contributed by atoms with Crippen LogP contribution in [0.2, 0.25) is 20.1 Å². The van der Waals surface area contributed by atoms with Crippen LogP contribution in [0.5, 0.6) is 11.5 Å². The van der Waals surface area contributed by atoms with Gasteiger partial charge in [-0.25, -0.2) is 9.59 Å². The van der Waals surface area contributed by atoms with E-state index in [2.05, 4.69) is 0 Å². The normalized spacial score (nSPS) is 10.4. The van der Waals surface area contributed by atoms with Crippen LogP contribution in [0.4, 0.5) is 0 Å². The van der Waals surface area contributed by atoms with Crippen molar-refractivity contribution >= 4 is 58.3 Å². The Balaban J connectivity index is 1.52. The minimum Gasteiger partial charge on any atom is -0.480 e. The van der Waals surface area contributed by atoms with Crippen molar-refractivity contribution in [3.05, 3.63) is 56.5 Å². The van der Waals surface area contributed by atoms with Crippen molar-refractivity contribution in [3.63, 3.8) is 0 Å². The highest BCUT2D eigenvalue weighted by atomic mass is 35.5. The summed E-state index contributed by atoms with van der Waals surface area (Å²) in [5.41, 5.74) is 0. The molecule has 162 valence electrons. The minimum absolute atomic E-state index is 0.172. The predicted molar refractivity (Wildman–Crippen MR) is 115 cm³/mol. The molecule has 0 amide bonds. The zero-order valence-electron chi connectivity index (χ0n) is 15.7. The van der Waals surface area contributed by atoms with Gasteiger partial charge in [0.1, 0.15) is 11.5 Å². The predicted octanol–water partition coefficient (Wildman–Crippen LogP) is 5.62. The summed E-state index contributed by atoms with van der Waals surface area (Å²) in [5.74, 6) is -0.392. The van der Waals surface area contributed by atoms with Gasteiger partial charge in [0.15, 0.2) is 13.2 Å². The number of ether oxygens (including phenoxy) is 4. The lowest BCUT2D eigenvalue weighted by Crippen LogP contribution is -2.17. The Morgan fingerprint density at radius 3 is 1.43 bits per heavy atom. The van der Waals surface area contributed by atoms with E-state index in [1.807, 2.05) is 0 Å². The van der Waals surface area contributed by atoms with Gasteiger partial charge in [-0.3, -0.25) is 0 Å². The van der Waals surface area contributed by atoms with Gasteiger partial charge in [-0.2, -0.15) is 0 Å². The van der Waals surface area contributed by atoms with Crippen LogP contribution in [-0.2, 0) is 19.1 Å². The molecule has 0 fully saturated rings. The molecular formula is C20H18Cl4O6. The first-order valence-corrected chi connectivity index (χ1v) is 10.3. The molecule has 10 heteroatoms. The van der Waals surface area contributed by atoms with Gasteiger partial charge in [-0.1, -0.05) is 46.4 Å². The van der Waals surface area contributed by atoms with E-state index >= 15 is 0 Å². The summed E-state index contributed by atoms with van der Waals surface area (Å²) in [6, 6.07) is 9.36. The van der Waals surface area contributed by atoms with Gasteiger partial charge in [0.2, 0.25) is 0 Å². The molecule has 6 nitrogen and oxygen atoms in total. The van der Waals surface area contributed by atoms with Gasteiger partial charge >= 0.3 is 11.9 Å². The van der Waals surface area contributed by atoms with Crippen LogP contribution in [0.25, 0.3) is 0 Å². The first-order valence-electron chi connectivity index (χ1n) is 8.82. The quantitative estimate of drug-likeness (QED) is 0.297. The van der Waals surface area contributed by atoms with Crippen LogP contribution in [-0.4, -0.2) is 38.4 Å². The van der Waals surface area contributed by atoms with E-state index in [9.17, 15) is 9.59 Å². The molecule has 0 radical (unpaired) electrons. The molecule has 0 heterocycles. The Labute approximate surface area is 193 Å². The summed E-state index contributed by atoms with van der Waals surface area (Å²) in [4.78, 5) is 23.3. The third kappa shape index (κ3) is 8.88. The van der Waals surface area contributed by atoms with Crippen molar-refractivity contribution < 1.29 is 28.5 Å². The Bertz CT molecular complexity index is 803. The highest BCUT2D eigenvalue weighted by molar-refractivity contribution is 6.36. The van der Waals surface area contributed by atoms with Gasteiger partial charge in [-0.15, -0.1) is 0 Å². The fourth-order valence-electron chi connectivity index (χ4n) is 2.12. The van der Waals surface area contributed by atoms with Gasteiger partial charge in [0.05, 0.1) is 23.3 Å². The number of halogens is 4. The molecule has 0 aromatic heterocycles. The Morgan fingerprint density at radius 2 is 1.07 bits per heavy atom. The molecule has 0 N–H and O–H groups in total. The zero-order chi connectivity index (χ0) is 21.9. The van der Waals surface area contributed by atoms with Crippen molar-refractivity contribution in [3.8, 4) is 11.5 Å². The van der Waals surface area contributed by atoms with E-state index in [1.54, 1.807) is 24.3 Å². The van der Waals surface area contributed by atoms with Crippen LogP contribution < -0.4 is 9.47 Å². The Morgan fingerprint density at radius 1 is 0.667 bits per heavy atom. The second-order valence-electron chi connectivity index (χ2n) is 5.87. The molecule has 0 bridgehead atoms. The van der Waals surface area contributed by atoms with Gasteiger partial charge in [0, 0.05) is 10.0 Å². The van der Waals surface area contributed by atoms with Crippen LogP contribution in [0.1, 0.15) is 12.8 Å². The number of esters is 2. The lowest BCUT2D eigenvalue weighted by Gasteiger charge is -2.09. The first-order chi connectivity index (χ1) is 14.3. The maximum Gasteiger partial charge on any atom is 0.344 e. The highest BCUT2D eigenvalue weighted by Crippen LogP contribution is 2.28. The van der Waals surface area contributed by atoms with Gasteiger partial charge in [-0.05, 0) is 49.2 Å². The molecule has 0 saturated heterocycles. The standard InChI is InChI=1S/C20H18Cl4O6/c21-13-3-5-17(15(23)9-13)29-11-19(25)27-7-1-2-8-28-20(26)12-30-18-6-4-14(22)10-16(18)24/h3-6,9-10H,1-2,7-8,11-12H2. The van der Waals surface area contributed by atoms with Crippen LogP contribution in [0.15, 0.2) is 36.4 Å². The Kier molecular flexibility index (Phi) is 10.4. The van der Waals surface area contributed by atoms with E-state index < -0.39 is 11.9 Å². The molecule has 30 heavy (non-hydrogen) atoms. The van der Waals surface area contributed by atoms with Gasteiger partial charge < -0.3 is 18.9 Å². The largest absolute Gasteiger partial charge is 0.480 e. The smallest absolute Gasteiger partial charge is 0.344 e. The van der Waals surface area contributed by atoms with E-state index in [0.29, 0.717) is 44.4 Å². The number of carbonyl (C=O) groups excluding carboxylic acids is 2. The monoisotopic (exact) mass is 494 g/mol. The van der Waals surface area contributed by atoms with Crippen molar-refractivity contribution in [1.82, 2.24) is 0 Å². The zero-order valence-corrected chi connectivity index (χ0v) is 18.7. The SMILES string of the molecule is O=C(COc1ccc(Cl)cc1Cl)OCCCCOC(=O)COc1ccc(Cl)cc1Cl. The second-order valence-corrected chi connectivity index (χ2v) is 7.56. The number of hydrogen-bond donors (Lipinski definition) is 0. The molecule has 0 spiro atoms. The molecule has 0 unspecified atom stereocenters. The molecule has 0 aliphatic carbocycles. The van der Waals surface area contributed by atoms with E-state index in [0.717, 1.165) is 0 Å². The lowest BCUT2D eigenvalue weighted by molar-refractivity contribution is -0.148. The third-order valence-corrected chi connectivity index (χ3v) is 4.60. The van der Waals surface area contributed by atoms with Crippen molar-refractivity contribution in [2.75, 3.05) is 26.4 Å². The van der Waals surface area contributed by atoms with Crippen LogP contribution >= 0.6 is 46.4 Å².